The van der Waals surface area contributed by atoms with Crippen molar-refractivity contribution in [1.29, 1.82) is 0 Å². The molecular formula is C16H32N2. The molecule has 2 heteroatoms. The Morgan fingerprint density at radius 2 is 1.72 bits per heavy atom. The molecule has 2 saturated carbocycles. The molecule has 0 radical (unpaired) electrons. The number of nitrogens with two attached hydrogens (primary N) is 1. The van der Waals surface area contributed by atoms with Crippen LogP contribution in [0.4, 0.5) is 0 Å². The van der Waals surface area contributed by atoms with Crippen molar-refractivity contribution in [3.8, 4) is 0 Å². The number of hydrogen-bond acceptors (Lipinski definition) is 2. The summed E-state index contributed by atoms with van der Waals surface area (Å²) >= 11 is 0. The lowest BCUT2D eigenvalue weighted by Crippen LogP contribution is -2.52. The van der Waals surface area contributed by atoms with Gasteiger partial charge in [0.1, 0.15) is 0 Å². The van der Waals surface area contributed by atoms with Gasteiger partial charge in [0.25, 0.3) is 0 Å². The molecular weight excluding hydrogens is 220 g/mol. The topological polar surface area (TPSA) is 29.3 Å². The average Bonchev–Trinajstić information content (AvgIpc) is 2.91. The van der Waals surface area contributed by atoms with Crippen molar-refractivity contribution in [2.45, 2.75) is 76.7 Å². The van der Waals surface area contributed by atoms with Crippen molar-refractivity contribution in [1.82, 2.24) is 4.90 Å². The van der Waals surface area contributed by atoms with E-state index < -0.39 is 0 Å². The Labute approximate surface area is 113 Å². The normalized spacial score (nSPS) is 24.8. The minimum absolute atomic E-state index is 0.365. The van der Waals surface area contributed by atoms with Gasteiger partial charge < -0.3 is 5.73 Å². The van der Waals surface area contributed by atoms with Crippen molar-refractivity contribution < 1.29 is 0 Å². The average molecular weight is 252 g/mol. The summed E-state index contributed by atoms with van der Waals surface area (Å²) in [7, 11) is 0. The minimum atomic E-state index is 0.365. The highest BCUT2D eigenvalue weighted by molar-refractivity contribution is 4.95. The van der Waals surface area contributed by atoms with Gasteiger partial charge in [0.05, 0.1) is 0 Å². The van der Waals surface area contributed by atoms with E-state index in [0.717, 1.165) is 12.5 Å². The monoisotopic (exact) mass is 252 g/mol. The molecule has 0 aromatic carbocycles. The smallest absolute Gasteiger partial charge is 0.0331 e. The van der Waals surface area contributed by atoms with Gasteiger partial charge in [-0.15, -0.1) is 0 Å². The molecule has 2 fully saturated rings. The number of hydrogen-bond donors (Lipinski definition) is 1. The maximum Gasteiger partial charge on any atom is 0.0331 e. The van der Waals surface area contributed by atoms with E-state index in [-0.39, 0.29) is 0 Å². The van der Waals surface area contributed by atoms with Crippen LogP contribution in [0, 0.1) is 5.92 Å². The predicted molar refractivity (Wildman–Crippen MR) is 78.7 cm³/mol. The first kappa shape index (κ1) is 14.3. The zero-order valence-electron chi connectivity index (χ0n) is 12.3. The summed E-state index contributed by atoms with van der Waals surface area (Å²) in [5, 5.41) is 0. The number of rotatable bonds is 6. The molecule has 0 aromatic heterocycles. The highest BCUT2D eigenvalue weighted by atomic mass is 15.2. The van der Waals surface area contributed by atoms with Crippen LogP contribution in [-0.2, 0) is 0 Å². The third-order valence-electron chi connectivity index (χ3n) is 5.50. The van der Waals surface area contributed by atoms with Gasteiger partial charge in [0, 0.05) is 12.1 Å². The zero-order chi connectivity index (χ0) is 12.8. The fourth-order valence-corrected chi connectivity index (χ4v) is 4.23. The van der Waals surface area contributed by atoms with Crippen LogP contribution in [0.15, 0.2) is 0 Å². The Bertz CT molecular complexity index is 227. The molecule has 106 valence electrons. The molecule has 2 aliphatic rings. The lowest BCUT2D eigenvalue weighted by molar-refractivity contribution is 0.0945. The molecule has 0 bridgehead atoms. The molecule has 18 heavy (non-hydrogen) atoms. The molecule has 2 nitrogen and oxygen atoms in total. The Morgan fingerprint density at radius 3 is 2.28 bits per heavy atom. The highest BCUT2D eigenvalue weighted by Gasteiger charge is 2.37. The van der Waals surface area contributed by atoms with Crippen LogP contribution in [-0.4, -0.2) is 30.1 Å². The van der Waals surface area contributed by atoms with E-state index in [1.807, 2.05) is 0 Å². The maximum atomic E-state index is 6.11. The Kier molecular flexibility index (Phi) is 5.50. The molecule has 0 atom stereocenters. The first-order valence-electron chi connectivity index (χ1n) is 8.26. The fraction of sp³-hybridized carbons (Fsp3) is 1.00. The first-order chi connectivity index (χ1) is 8.80. The standard InChI is InChI=1S/C16H32N2/c1-2-18(16(14-17)11-6-7-12-16)13-10-15-8-4-3-5-9-15/h15H,2-14,17H2,1H3. The van der Waals surface area contributed by atoms with Crippen molar-refractivity contribution in [3.63, 3.8) is 0 Å². The van der Waals surface area contributed by atoms with Gasteiger partial charge in [-0.1, -0.05) is 51.9 Å². The van der Waals surface area contributed by atoms with Gasteiger partial charge in [-0.2, -0.15) is 0 Å². The SMILES string of the molecule is CCN(CCC1CCCCC1)C1(CN)CCCC1. The molecule has 0 aromatic rings. The van der Waals surface area contributed by atoms with Crippen LogP contribution in [0.5, 0.6) is 0 Å². The molecule has 0 unspecified atom stereocenters. The molecule has 0 heterocycles. The van der Waals surface area contributed by atoms with Crippen molar-refractivity contribution in [2.75, 3.05) is 19.6 Å². The summed E-state index contributed by atoms with van der Waals surface area (Å²) < 4.78 is 0. The molecule has 2 rings (SSSR count). The Hall–Kier alpha value is -0.0800. The summed E-state index contributed by atoms with van der Waals surface area (Å²) in [5.41, 5.74) is 6.48. The predicted octanol–water partition coefficient (Wildman–Crippen LogP) is 3.55. The summed E-state index contributed by atoms with van der Waals surface area (Å²) in [6.45, 7) is 5.66. The molecule has 0 saturated heterocycles. The molecule has 0 aliphatic heterocycles. The summed E-state index contributed by atoms with van der Waals surface area (Å²) in [5.74, 6) is 1.00. The molecule has 0 spiro atoms. The third-order valence-corrected chi connectivity index (χ3v) is 5.50. The van der Waals surface area contributed by atoms with Gasteiger partial charge in [-0.25, -0.2) is 0 Å². The van der Waals surface area contributed by atoms with E-state index in [1.54, 1.807) is 0 Å². The Morgan fingerprint density at radius 1 is 1.06 bits per heavy atom. The third kappa shape index (κ3) is 3.27. The second kappa shape index (κ2) is 6.91. The summed E-state index contributed by atoms with van der Waals surface area (Å²) in [4.78, 5) is 2.72. The van der Waals surface area contributed by atoms with Gasteiger partial charge >= 0.3 is 0 Å². The molecule has 0 amide bonds. The number of likely N-dealkylation sites (N-methyl/N-ethyl adjacent to an activating group) is 1. The van der Waals surface area contributed by atoms with E-state index in [1.165, 1.54) is 77.3 Å². The Balaban J connectivity index is 1.83. The van der Waals surface area contributed by atoms with Gasteiger partial charge in [-0.3, -0.25) is 4.90 Å². The maximum absolute atomic E-state index is 6.11. The van der Waals surface area contributed by atoms with E-state index in [2.05, 4.69) is 11.8 Å². The molecule has 2 aliphatic carbocycles. The summed E-state index contributed by atoms with van der Waals surface area (Å²) in [6.07, 6.45) is 14.2. The zero-order valence-corrected chi connectivity index (χ0v) is 12.3. The second-order valence-electron chi connectivity index (χ2n) is 6.51. The van der Waals surface area contributed by atoms with Crippen molar-refractivity contribution >= 4 is 0 Å². The van der Waals surface area contributed by atoms with Crippen LogP contribution < -0.4 is 5.73 Å². The van der Waals surface area contributed by atoms with Crippen LogP contribution in [0.25, 0.3) is 0 Å². The van der Waals surface area contributed by atoms with Crippen molar-refractivity contribution in [2.24, 2.45) is 11.7 Å². The van der Waals surface area contributed by atoms with Crippen LogP contribution in [0.2, 0.25) is 0 Å². The lowest BCUT2D eigenvalue weighted by Gasteiger charge is -2.41. The first-order valence-corrected chi connectivity index (χ1v) is 8.26. The van der Waals surface area contributed by atoms with Crippen LogP contribution in [0.1, 0.15) is 71.1 Å². The quantitative estimate of drug-likeness (QED) is 0.783. The second-order valence-corrected chi connectivity index (χ2v) is 6.51. The molecule has 2 N–H and O–H groups in total. The van der Waals surface area contributed by atoms with Gasteiger partial charge in [0.2, 0.25) is 0 Å². The number of nitrogens with zero attached hydrogens (tertiary/aromatic N) is 1. The van der Waals surface area contributed by atoms with Crippen molar-refractivity contribution in [3.05, 3.63) is 0 Å². The lowest BCUT2D eigenvalue weighted by atomic mass is 9.86. The van der Waals surface area contributed by atoms with Crippen LogP contribution in [0.3, 0.4) is 0 Å². The minimum Gasteiger partial charge on any atom is -0.329 e. The largest absolute Gasteiger partial charge is 0.329 e. The van der Waals surface area contributed by atoms with Crippen LogP contribution >= 0.6 is 0 Å². The van der Waals surface area contributed by atoms with Gasteiger partial charge in [-0.05, 0) is 38.3 Å². The van der Waals surface area contributed by atoms with E-state index in [9.17, 15) is 0 Å². The van der Waals surface area contributed by atoms with E-state index in [4.69, 9.17) is 5.73 Å². The van der Waals surface area contributed by atoms with E-state index in [0.29, 0.717) is 5.54 Å². The fourth-order valence-electron chi connectivity index (χ4n) is 4.23. The highest BCUT2D eigenvalue weighted by Crippen LogP contribution is 2.35. The van der Waals surface area contributed by atoms with Gasteiger partial charge in [0.15, 0.2) is 0 Å². The van der Waals surface area contributed by atoms with E-state index >= 15 is 0 Å². The summed E-state index contributed by atoms with van der Waals surface area (Å²) in [6, 6.07) is 0.